The minimum Gasteiger partial charge on any atom is -0.478 e. The van der Waals surface area contributed by atoms with Crippen molar-refractivity contribution in [2.45, 2.75) is 78.7 Å². The predicted octanol–water partition coefficient (Wildman–Crippen LogP) is 5.54. The fraction of sp³-hybridized carbons (Fsp3) is 0.613. The Morgan fingerprint density at radius 2 is 1.79 bits per heavy atom. The van der Waals surface area contributed by atoms with E-state index in [2.05, 4.69) is 30.4 Å². The molecule has 4 aliphatic rings. The number of benzene rings is 1. The summed E-state index contributed by atoms with van der Waals surface area (Å²) in [5.74, 6) is 1.44. The standard InChI is InChI=1S/C31H40N2O5/c1-19(34)25-10-11-26-24-9-8-22-16-23(12-14-30(22,2)27(24)13-15-31(25,26)3)33-38-18-28(35)32-17-20-4-6-21(7-5-20)29(36)37/h4-7,16,24-27H,8-15,17-18H2,1-3H3,(H,32,35)(H,36,37)/t24?,25?,26?,27?,30-,31+/m0/s1. The summed E-state index contributed by atoms with van der Waals surface area (Å²) < 4.78 is 0. The monoisotopic (exact) mass is 520 g/mol. The van der Waals surface area contributed by atoms with Gasteiger partial charge in [0.05, 0.1) is 11.3 Å². The molecule has 0 radical (unpaired) electrons. The summed E-state index contributed by atoms with van der Waals surface area (Å²) in [6.45, 7) is 6.79. The smallest absolute Gasteiger partial charge is 0.335 e. The largest absolute Gasteiger partial charge is 0.478 e. The first kappa shape index (κ1) is 26.6. The molecule has 38 heavy (non-hydrogen) atoms. The maximum Gasteiger partial charge on any atom is 0.335 e. The third-order valence-electron chi connectivity index (χ3n) is 10.5. The number of aromatic carboxylic acids is 1. The van der Waals surface area contributed by atoms with Crippen molar-refractivity contribution < 1.29 is 24.3 Å². The molecule has 3 fully saturated rings. The van der Waals surface area contributed by atoms with Gasteiger partial charge in [-0.2, -0.15) is 0 Å². The molecule has 204 valence electrons. The Bertz CT molecular complexity index is 1170. The molecule has 0 aromatic heterocycles. The van der Waals surface area contributed by atoms with Gasteiger partial charge in [-0.05, 0) is 111 Å². The fourth-order valence-electron chi connectivity index (χ4n) is 8.50. The van der Waals surface area contributed by atoms with Crippen molar-refractivity contribution in [2.75, 3.05) is 6.61 Å². The Morgan fingerprint density at radius 1 is 1.03 bits per heavy atom. The zero-order valence-electron chi connectivity index (χ0n) is 22.8. The molecule has 7 heteroatoms. The summed E-state index contributed by atoms with van der Waals surface area (Å²) in [5.41, 5.74) is 3.79. The molecule has 4 unspecified atom stereocenters. The second-order valence-electron chi connectivity index (χ2n) is 12.4. The molecule has 3 saturated carbocycles. The van der Waals surface area contributed by atoms with E-state index in [1.165, 1.54) is 37.0 Å². The van der Waals surface area contributed by atoms with Crippen LogP contribution in [-0.4, -0.2) is 35.1 Å². The number of carboxylic acid groups (broad SMARTS) is 1. The summed E-state index contributed by atoms with van der Waals surface area (Å²) in [5, 5.41) is 16.1. The summed E-state index contributed by atoms with van der Waals surface area (Å²) >= 11 is 0. The molecule has 4 aliphatic carbocycles. The third kappa shape index (κ3) is 4.80. The van der Waals surface area contributed by atoms with Gasteiger partial charge in [0.1, 0.15) is 5.78 Å². The van der Waals surface area contributed by atoms with Crippen LogP contribution in [0.1, 0.15) is 88.1 Å². The van der Waals surface area contributed by atoms with E-state index in [-0.39, 0.29) is 34.8 Å². The number of ketones is 1. The van der Waals surface area contributed by atoms with E-state index in [9.17, 15) is 14.4 Å². The van der Waals surface area contributed by atoms with E-state index < -0.39 is 5.97 Å². The van der Waals surface area contributed by atoms with Gasteiger partial charge in [0.15, 0.2) is 6.61 Å². The first-order valence-electron chi connectivity index (χ1n) is 14.1. The highest BCUT2D eigenvalue weighted by Gasteiger charge is 2.59. The normalized spacial score (nSPS) is 34.9. The van der Waals surface area contributed by atoms with Crippen LogP contribution in [0.15, 0.2) is 41.1 Å². The lowest BCUT2D eigenvalue weighted by molar-refractivity contribution is -0.128. The molecule has 0 saturated heterocycles. The van der Waals surface area contributed by atoms with E-state index in [1.807, 2.05) is 0 Å². The van der Waals surface area contributed by atoms with Gasteiger partial charge >= 0.3 is 5.97 Å². The second-order valence-corrected chi connectivity index (χ2v) is 12.4. The number of nitrogens with zero attached hydrogens (tertiary/aromatic N) is 1. The van der Waals surface area contributed by atoms with E-state index in [0.29, 0.717) is 30.1 Å². The molecule has 5 rings (SSSR count). The molecule has 1 amide bonds. The number of hydrogen-bond acceptors (Lipinski definition) is 5. The van der Waals surface area contributed by atoms with Crippen LogP contribution in [0, 0.1) is 34.5 Å². The Balaban J connectivity index is 1.16. The number of oxime groups is 1. The molecule has 1 aromatic rings. The Hall–Kier alpha value is -2.96. The number of rotatable bonds is 7. The number of Topliss-reactive ketones (excluding diaryl/α,β-unsaturated/α-hetero) is 1. The van der Waals surface area contributed by atoms with Crippen LogP contribution < -0.4 is 5.32 Å². The van der Waals surface area contributed by atoms with Crippen molar-refractivity contribution in [3.8, 4) is 0 Å². The number of carbonyl (C=O) groups is 3. The molecule has 0 bridgehead atoms. The van der Waals surface area contributed by atoms with Gasteiger partial charge in [0.25, 0.3) is 5.91 Å². The lowest BCUT2D eigenvalue weighted by Gasteiger charge is -2.58. The minimum atomic E-state index is -0.975. The number of fused-ring (bicyclic) bond motifs is 5. The molecule has 7 nitrogen and oxygen atoms in total. The van der Waals surface area contributed by atoms with Gasteiger partial charge in [0, 0.05) is 12.5 Å². The van der Waals surface area contributed by atoms with Crippen LogP contribution in [-0.2, 0) is 21.0 Å². The lowest BCUT2D eigenvalue weighted by atomic mass is 9.46. The van der Waals surface area contributed by atoms with Crippen molar-refractivity contribution in [2.24, 2.45) is 39.7 Å². The van der Waals surface area contributed by atoms with Gasteiger partial charge in [0.2, 0.25) is 0 Å². The molecular formula is C31H40N2O5. The number of allylic oxidation sites excluding steroid dienone is 2. The Kier molecular flexibility index (Phi) is 7.23. The Labute approximate surface area is 225 Å². The first-order valence-corrected chi connectivity index (χ1v) is 14.1. The summed E-state index contributed by atoms with van der Waals surface area (Å²) in [4.78, 5) is 41.0. The quantitative estimate of drug-likeness (QED) is 0.459. The highest BCUT2D eigenvalue weighted by molar-refractivity contribution is 5.96. The van der Waals surface area contributed by atoms with E-state index in [0.717, 1.165) is 43.4 Å². The van der Waals surface area contributed by atoms with Gasteiger partial charge in [-0.3, -0.25) is 9.59 Å². The number of carboxylic acids is 1. The minimum absolute atomic E-state index is 0.153. The third-order valence-corrected chi connectivity index (χ3v) is 10.5. The number of nitrogens with one attached hydrogen (secondary N) is 1. The van der Waals surface area contributed by atoms with Crippen molar-refractivity contribution in [1.29, 1.82) is 0 Å². The van der Waals surface area contributed by atoms with Crippen LogP contribution >= 0.6 is 0 Å². The van der Waals surface area contributed by atoms with Crippen LogP contribution in [0.25, 0.3) is 0 Å². The molecule has 6 atom stereocenters. The van der Waals surface area contributed by atoms with Crippen molar-refractivity contribution in [3.05, 3.63) is 47.0 Å². The van der Waals surface area contributed by atoms with Gasteiger partial charge in [-0.15, -0.1) is 0 Å². The zero-order chi connectivity index (χ0) is 27.1. The second kappa shape index (κ2) is 10.3. The van der Waals surface area contributed by atoms with Gasteiger partial charge in [-0.25, -0.2) is 4.79 Å². The zero-order valence-corrected chi connectivity index (χ0v) is 22.8. The average molecular weight is 521 g/mol. The molecule has 0 spiro atoms. The maximum absolute atomic E-state index is 12.4. The van der Waals surface area contributed by atoms with Gasteiger partial charge in [-0.1, -0.05) is 36.7 Å². The van der Waals surface area contributed by atoms with Crippen LogP contribution in [0.2, 0.25) is 0 Å². The molecule has 0 aliphatic heterocycles. The SMILES string of the molecule is CC(=O)C1CCC2C3CCC4=CC(=NOCC(=O)NCc5ccc(C(=O)O)cc5)CC[C@]4(C)C3CC[C@]12C. The topological polar surface area (TPSA) is 105 Å². The average Bonchev–Trinajstić information content (AvgIpc) is 3.25. The van der Waals surface area contributed by atoms with Crippen molar-refractivity contribution >= 4 is 23.4 Å². The molecule has 0 heterocycles. The van der Waals surface area contributed by atoms with Gasteiger partial charge < -0.3 is 15.3 Å². The van der Waals surface area contributed by atoms with Crippen LogP contribution in [0.5, 0.6) is 0 Å². The summed E-state index contributed by atoms with van der Waals surface area (Å²) in [6, 6.07) is 6.41. The highest BCUT2D eigenvalue weighted by Crippen LogP contribution is 2.66. The molecular weight excluding hydrogens is 480 g/mol. The highest BCUT2D eigenvalue weighted by atomic mass is 16.6. The summed E-state index contributed by atoms with van der Waals surface area (Å²) in [7, 11) is 0. The molecule has 1 aromatic carbocycles. The fourth-order valence-corrected chi connectivity index (χ4v) is 8.50. The maximum atomic E-state index is 12.4. The number of hydrogen-bond donors (Lipinski definition) is 2. The number of carbonyl (C=O) groups excluding carboxylic acids is 2. The van der Waals surface area contributed by atoms with Crippen LogP contribution in [0.3, 0.4) is 0 Å². The van der Waals surface area contributed by atoms with E-state index in [4.69, 9.17) is 9.94 Å². The Morgan fingerprint density at radius 3 is 2.50 bits per heavy atom. The molecule has 2 N–H and O–H groups in total. The van der Waals surface area contributed by atoms with Crippen LogP contribution in [0.4, 0.5) is 0 Å². The number of amides is 1. The summed E-state index contributed by atoms with van der Waals surface area (Å²) in [6.07, 6.45) is 11.0. The first-order chi connectivity index (χ1) is 18.1. The lowest BCUT2D eigenvalue weighted by Crippen LogP contribution is -2.51. The van der Waals surface area contributed by atoms with Crippen molar-refractivity contribution in [3.63, 3.8) is 0 Å². The predicted molar refractivity (Wildman–Crippen MR) is 145 cm³/mol. The van der Waals surface area contributed by atoms with Crippen molar-refractivity contribution in [1.82, 2.24) is 5.32 Å². The van der Waals surface area contributed by atoms with E-state index >= 15 is 0 Å². The van der Waals surface area contributed by atoms with E-state index in [1.54, 1.807) is 19.1 Å².